The van der Waals surface area contributed by atoms with Crippen LogP contribution in [-0.4, -0.2) is 23.2 Å². The fourth-order valence-electron chi connectivity index (χ4n) is 2.18. The summed E-state index contributed by atoms with van der Waals surface area (Å²) in [5.74, 6) is 0.603. The van der Waals surface area contributed by atoms with E-state index >= 15 is 0 Å². The van der Waals surface area contributed by atoms with Gasteiger partial charge in [0.15, 0.2) is 5.82 Å². The number of nitrogens with zero attached hydrogens (tertiary/aromatic N) is 3. The van der Waals surface area contributed by atoms with E-state index in [9.17, 15) is 8.42 Å². The summed E-state index contributed by atoms with van der Waals surface area (Å²) in [6, 6.07) is 3.73. The van der Waals surface area contributed by atoms with Crippen LogP contribution in [0.3, 0.4) is 0 Å². The molecule has 2 rings (SSSR count). The lowest BCUT2D eigenvalue weighted by Gasteiger charge is -2.06. The van der Waals surface area contributed by atoms with Crippen molar-refractivity contribution in [3.05, 3.63) is 35.3 Å². The zero-order valence-electron chi connectivity index (χ0n) is 11.8. The van der Waals surface area contributed by atoms with Crippen molar-refractivity contribution in [3.8, 4) is 5.82 Å². The highest BCUT2D eigenvalue weighted by molar-refractivity contribution is 7.89. The predicted octanol–water partition coefficient (Wildman–Crippen LogP) is 1.35. The van der Waals surface area contributed by atoms with Gasteiger partial charge >= 0.3 is 0 Å². The molecule has 2 aromatic rings. The van der Waals surface area contributed by atoms with Crippen LogP contribution >= 0.6 is 0 Å². The Morgan fingerprint density at radius 3 is 2.50 bits per heavy atom. The van der Waals surface area contributed by atoms with E-state index in [4.69, 9.17) is 5.14 Å². The highest BCUT2D eigenvalue weighted by atomic mass is 32.2. The third-order valence-corrected chi connectivity index (χ3v) is 4.11. The zero-order valence-corrected chi connectivity index (χ0v) is 12.6. The quantitative estimate of drug-likeness (QED) is 0.921. The highest BCUT2D eigenvalue weighted by Crippen LogP contribution is 2.23. The fourth-order valence-corrected chi connectivity index (χ4v) is 3.26. The molecule has 0 fully saturated rings. The summed E-state index contributed by atoms with van der Waals surface area (Å²) in [6.45, 7) is 5.67. The number of hydrogen-bond donors (Lipinski definition) is 1. The first-order valence-electron chi connectivity index (χ1n) is 6.45. The summed E-state index contributed by atoms with van der Waals surface area (Å²) >= 11 is 0. The van der Waals surface area contributed by atoms with Gasteiger partial charge in [-0.25, -0.2) is 23.2 Å². The topological polar surface area (TPSA) is 90.9 Å². The molecule has 0 radical (unpaired) electrons. The van der Waals surface area contributed by atoms with Gasteiger partial charge in [-0.2, -0.15) is 5.10 Å². The molecule has 108 valence electrons. The summed E-state index contributed by atoms with van der Waals surface area (Å²) in [5, 5.41) is 9.70. The van der Waals surface area contributed by atoms with Crippen LogP contribution in [0, 0.1) is 6.92 Å². The molecule has 20 heavy (non-hydrogen) atoms. The minimum absolute atomic E-state index is 0.130. The van der Waals surface area contributed by atoms with Crippen LogP contribution in [0.2, 0.25) is 0 Å². The molecular formula is C13H18N4O2S. The molecule has 0 saturated carbocycles. The number of nitrogens with two attached hydrogens (primary N) is 1. The number of sulfonamides is 1. The van der Waals surface area contributed by atoms with E-state index in [2.05, 4.69) is 10.1 Å². The SMILES string of the molecule is CCc1nn(-c2cc(C)ccn2)c(CC)c1S(N)(=O)=O. The maximum Gasteiger partial charge on any atom is 0.241 e. The number of aromatic nitrogens is 3. The largest absolute Gasteiger partial charge is 0.241 e. The normalized spacial score (nSPS) is 11.8. The molecule has 0 aromatic carbocycles. The summed E-state index contributed by atoms with van der Waals surface area (Å²) in [7, 11) is -3.80. The molecule has 6 nitrogen and oxygen atoms in total. The van der Waals surface area contributed by atoms with Crippen molar-refractivity contribution >= 4 is 10.0 Å². The van der Waals surface area contributed by atoms with E-state index < -0.39 is 10.0 Å². The van der Waals surface area contributed by atoms with Gasteiger partial charge in [0.05, 0.1) is 11.4 Å². The minimum Gasteiger partial charge on any atom is -0.237 e. The fraction of sp³-hybridized carbons (Fsp3) is 0.385. The Balaban J connectivity index is 2.76. The Kier molecular flexibility index (Phi) is 3.92. The first-order chi connectivity index (χ1) is 9.38. The molecule has 2 N–H and O–H groups in total. The molecule has 0 atom stereocenters. The van der Waals surface area contributed by atoms with Crippen LogP contribution < -0.4 is 5.14 Å². The van der Waals surface area contributed by atoms with E-state index in [1.807, 2.05) is 32.9 Å². The first kappa shape index (κ1) is 14.7. The molecule has 0 bridgehead atoms. The van der Waals surface area contributed by atoms with Gasteiger partial charge in [-0.05, 0) is 37.5 Å². The molecule has 0 aliphatic rings. The number of aryl methyl sites for hydroxylation is 2. The maximum absolute atomic E-state index is 11.8. The monoisotopic (exact) mass is 294 g/mol. The highest BCUT2D eigenvalue weighted by Gasteiger charge is 2.25. The van der Waals surface area contributed by atoms with E-state index in [0.717, 1.165) is 5.56 Å². The van der Waals surface area contributed by atoms with Crippen LogP contribution in [0.5, 0.6) is 0 Å². The third-order valence-electron chi connectivity index (χ3n) is 3.07. The average molecular weight is 294 g/mol. The molecule has 0 saturated heterocycles. The smallest absolute Gasteiger partial charge is 0.237 e. The number of primary sulfonamides is 1. The first-order valence-corrected chi connectivity index (χ1v) is 7.99. The number of pyridine rings is 1. The third kappa shape index (κ3) is 2.59. The van der Waals surface area contributed by atoms with E-state index in [-0.39, 0.29) is 4.90 Å². The summed E-state index contributed by atoms with van der Waals surface area (Å²) in [6.07, 6.45) is 2.68. The van der Waals surface area contributed by atoms with Gasteiger partial charge in [0.25, 0.3) is 0 Å². The van der Waals surface area contributed by atoms with Crippen molar-refractivity contribution < 1.29 is 8.42 Å². The number of hydrogen-bond acceptors (Lipinski definition) is 4. The van der Waals surface area contributed by atoms with E-state index in [1.165, 1.54) is 0 Å². The lowest BCUT2D eigenvalue weighted by atomic mass is 10.2. The molecule has 0 unspecified atom stereocenters. The molecule has 7 heteroatoms. The Labute approximate surface area is 118 Å². The van der Waals surface area contributed by atoms with Gasteiger partial charge < -0.3 is 0 Å². The second-order valence-corrected chi connectivity index (χ2v) is 6.08. The van der Waals surface area contributed by atoms with Crippen molar-refractivity contribution in [2.75, 3.05) is 0 Å². The lowest BCUT2D eigenvalue weighted by Crippen LogP contribution is -2.16. The zero-order chi connectivity index (χ0) is 14.9. The van der Waals surface area contributed by atoms with Gasteiger partial charge in [0, 0.05) is 6.20 Å². The minimum atomic E-state index is -3.80. The summed E-state index contributed by atoms with van der Waals surface area (Å²) in [5.41, 5.74) is 2.08. The second-order valence-electron chi connectivity index (χ2n) is 4.58. The van der Waals surface area contributed by atoms with Crippen LogP contribution in [0.4, 0.5) is 0 Å². The Morgan fingerprint density at radius 2 is 2.00 bits per heavy atom. The molecule has 0 aliphatic heterocycles. The molecule has 2 aromatic heterocycles. The summed E-state index contributed by atoms with van der Waals surface area (Å²) in [4.78, 5) is 4.38. The lowest BCUT2D eigenvalue weighted by molar-refractivity contribution is 0.595. The van der Waals surface area contributed by atoms with Gasteiger partial charge in [-0.1, -0.05) is 13.8 Å². The van der Waals surface area contributed by atoms with E-state index in [1.54, 1.807) is 10.9 Å². The molecule has 0 aliphatic carbocycles. The van der Waals surface area contributed by atoms with Crippen molar-refractivity contribution in [1.82, 2.24) is 14.8 Å². The molecule has 0 amide bonds. The Bertz CT molecular complexity index is 735. The Morgan fingerprint density at radius 1 is 1.30 bits per heavy atom. The second kappa shape index (κ2) is 5.34. The summed E-state index contributed by atoms with van der Waals surface area (Å²) < 4.78 is 25.2. The van der Waals surface area contributed by atoms with Crippen LogP contribution in [0.25, 0.3) is 5.82 Å². The maximum atomic E-state index is 11.8. The van der Waals surface area contributed by atoms with Crippen LogP contribution in [0.15, 0.2) is 23.2 Å². The molecular weight excluding hydrogens is 276 g/mol. The average Bonchev–Trinajstić information content (AvgIpc) is 2.77. The molecule has 0 spiro atoms. The van der Waals surface area contributed by atoms with Gasteiger partial charge in [-0.3, -0.25) is 0 Å². The van der Waals surface area contributed by atoms with Crippen LogP contribution in [-0.2, 0) is 22.9 Å². The van der Waals surface area contributed by atoms with Gasteiger partial charge in [0.2, 0.25) is 10.0 Å². The van der Waals surface area contributed by atoms with Gasteiger partial charge in [-0.15, -0.1) is 0 Å². The molecule has 2 heterocycles. The van der Waals surface area contributed by atoms with Crippen molar-refractivity contribution in [3.63, 3.8) is 0 Å². The van der Waals surface area contributed by atoms with E-state index in [0.29, 0.717) is 30.0 Å². The number of rotatable bonds is 4. The Hall–Kier alpha value is -1.73. The van der Waals surface area contributed by atoms with Crippen molar-refractivity contribution in [2.45, 2.75) is 38.5 Å². The van der Waals surface area contributed by atoms with Gasteiger partial charge in [0.1, 0.15) is 4.90 Å². The van der Waals surface area contributed by atoms with Crippen LogP contribution in [0.1, 0.15) is 30.8 Å². The van der Waals surface area contributed by atoms with Crippen molar-refractivity contribution in [1.29, 1.82) is 0 Å². The van der Waals surface area contributed by atoms with Crippen molar-refractivity contribution in [2.24, 2.45) is 5.14 Å². The predicted molar refractivity (Wildman–Crippen MR) is 76.2 cm³/mol. The standard InChI is InChI=1S/C13H18N4O2S/c1-4-10-13(20(14,18)19)11(5-2)17(16-10)12-8-9(3)6-7-15-12/h6-8H,4-5H2,1-3H3,(H2,14,18,19).